The number of aryl methyl sites for hydroxylation is 1. The van der Waals surface area contributed by atoms with E-state index in [1.165, 1.54) is 35.9 Å². The van der Waals surface area contributed by atoms with Crippen molar-refractivity contribution in [3.05, 3.63) is 57.8 Å². The van der Waals surface area contributed by atoms with Gasteiger partial charge in [0, 0.05) is 18.1 Å². The molecule has 0 fully saturated rings. The molecular formula is C14H10ClFN2O4S. The van der Waals surface area contributed by atoms with Crippen molar-refractivity contribution in [2.45, 2.75) is 4.90 Å². The van der Waals surface area contributed by atoms with Crippen molar-refractivity contribution in [3.63, 3.8) is 0 Å². The van der Waals surface area contributed by atoms with Crippen molar-refractivity contribution >= 4 is 38.4 Å². The first-order chi connectivity index (χ1) is 10.8. The van der Waals surface area contributed by atoms with E-state index < -0.39 is 21.6 Å². The highest BCUT2D eigenvalue weighted by molar-refractivity contribution is 7.92. The zero-order valence-electron chi connectivity index (χ0n) is 11.7. The Labute approximate surface area is 135 Å². The van der Waals surface area contributed by atoms with Crippen LogP contribution in [0, 0.1) is 5.82 Å². The molecule has 0 aliphatic rings. The molecule has 0 amide bonds. The number of nitrogens with one attached hydrogen (secondary N) is 1. The predicted octanol–water partition coefficient (Wildman–Crippen LogP) is 2.72. The van der Waals surface area contributed by atoms with Crippen molar-refractivity contribution in [1.82, 2.24) is 4.57 Å². The minimum atomic E-state index is -3.99. The molecule has 1 heterocycles. The Bertz CT molecular complexity index is 1050. The van der Waals surface area contributed by atoms with E-state index in [2.05, 4.69) is 4.72 Å². The van der Waals surface area contributed by atoms with Gasteiger partial charge in [-0.05, 0) is 30.3 Å². The number of hydrogen-bond donors (Lipinski definition) is 1. The second-order valence-electron chi connectivity index (χ2n) is 4.82. The van der Waals surface area contributed by atoms with E-state index in [-0.39, 0.29) is 21.2 Å². The maximum Gasteiger partial charge on any atom is 0.419 e. The number of rotatable bonds is 3. The summed E-state index contributed by atoms with van der Waals surface area (Å²) in [5, 5.41) is 0.0622. The van der Waals surface area contributed by atoms with Gasteiger partial charge in [-0.2, -0.15) is 0 Å². The van der Waals surface area contributed by atoms with Gasteiger partial charge in [-0.25, -0.2) is 17.6 Å². The first-order valence-corrected chi connectivity index (χ1v) is 8.21. The zero-order valence-corrected chi connectivity index (χ0v) is 13.3. The average Bonchev–Trinajstić information content (AvgIpc) is 2.72. The minimum Gasteiger partial charge on any atom is -0.408 e. The second-order valence-corrected chi connectivity index (χ2v) is 6.94. The summed E-state index contributed by atoms with van der Waals surface area (Å²) >= 11 is 5.70. The van der Waals surface area contributed by atoms with E-state index in [4.69, 9.17) is 16.0 Å². The molecule has 0 atom stereocenters. The van der Waals surface area contributed by atoms with Gasteiger partial charge in [-0.3, -0.25) is 9.29 Å². The van der Waals surface area contributed by atoms with Gasteiger partial charge in [-0.1, -0.05) is 11.6 Å². The molecule has 0 saturated carbocycles. The summed E-state index contributed by atoms with van der Waals surface area (Å²) in [6, 6.07) is 7.34. The van der Waals surface area contributed by atoms with Crippen molar-refractivity contribution in [3.8, 4) is 0 Å². The van der Waals surface area contributed by atoms with Crippen LogP contribution in [0.5, 0.6) is 0 Å². The summed E-state index contributed by atoms with van der Waals surface area (Å²) in [7, 11) is -2.48. The number of anilines is 1. The van der Waals surface area contributed by atoms with E-state index in [0.29, 0.717) is 5.52 Å². The normalized spacial score (nSPS) is 11.8. The molecular weight excluding hydrogens is 347 g/mol. The molecule has 0 radical (unpaired) electrons. The van der Waals surface area contributed by atoms with Crippen LogP contribution in [0.25, 0.3) is 11.1 Å². The van der Waals surface area contributed by atoms with Crippen molar-refractivity contribution < 1.29 is 17.2 Å². The summed E-state index contributed by atoms with van der Waals surface area (Å²) in [4.78, 5) is 11.3. The smallest absolute Gasteiger partial charge is 0.408 e. The highest BCUT2D eigenvalue weighted by Crippen LogP contribution is 2.23. The zero-order chi connectivity index (χ0) is 16.8. The molecule has 0 saturated heterocycles. The number of sulfonamides is 1. The summed E-state index contributed by atoms with van der Waals surface area (Å²) in [6.45, 7) is 0. The van der Waals surface area contributed by atoms with E-state index in [1.54, 1.807) is 0 Å². The fourth-order valence-corrected chi connectivity index (χ4v) is 3.39. The highest BCUT2D eigenvalue weighted by atomic mass is 35.5. The third-order valence-electron chi connectivity index (χ3n) is 3.19. The lowest BCUT2D eigenvalue weighted by Crippen LogP contribution is -2.13. The molecule has 9 heteroatoms. The van der Waals surface area contributed by atoms with Gasteiger partial charge in [0.2, 0.25) is 0 Å². The predicted molar refractivity (Wildman–Crippen MR) is 83.7 cm³/mol. The number of fused-ring (bicyclic) bond motifs is 1. The molecule has 1 N–H and O–H groups in total. The maximum absolute atomic E-state index is 13.3. The van der Waals surface area contributed by atoms with E-state index in [9.17, 15) is 17.6 Å². The Hall–Kier alpha value is -2.32. The lowest BCUT2D eigenvalue weighted by molar-refractivity contribution is 0.527. The number of benzene rings is 2. The molecule has 0 spiro atoms. The quantitative estimate of drug-likeness (QED) is 0.782. The second kappa shape index (κ2) is 5.39. The molecule has 6 nitrogen and oxygen atoms in total. The van der Waals surface area contributed by atoms with Crippen molar-refractivity contribution in [2.75, 3.05) is 4.72 Å². The summed E-state index contributed by atoms with van der Waals surface area (Å²) < 4.78 is 46.4. The molecule has 3 aromatic rings. The van der Waals surface area contributed by atoms with Crippen LogP contribution in [0.4, 0.5) is 10.1 Å². The van der Waals surface area contributed by atoms with Crippen LogP contribution in [0.15, 0.2) is 50.5 Å². The summed E-state index contributed by atoms with van der Waals surface area (Å²) in [5.74, 6) is -1.26. The number of halogens is 2. The van der Waals surface area contributed by atoms with Gasteiger partial charge >= 0.3 is 5.76 Å². The Morgan fingerprint density at radius 3 is 2.65 bits per heavy atom. The fraction of sp³-hybridized carbons (Fsp3) is 0.0714. The van der Waals surface area contributed by atoms with Crippen LogP contribution in [0.2, 0.25) is 5.02 Å². The minimum absolute atomic E-state index is 0.00962. The standard InChI is InChI=1S/C14H10ClFN2O4S/c1-18-12-3-2-11(7-13(12)22-14(18)19)23(20,21)17-10-5-8(15)4-9(16)6-10/h2-7,17H,1H3. The molecule has 3 rings (SSSR count). The van der Waals surface area contributed by atoms with Gasteiger partial charge < -0.3 is 4.42 Å². The van der Waals surface area contributed by atoms with Crippen LogP contribution < -0.4 is 10.5 Å². The van der Waals surface area contributed by atoms with Crippen LogP contribution >= 0.6 is 11.6 Å². The van der Waals surface area contributed by atoms with Gasteiger partial charge in [-0.15, -0.1) is 0 Å². The van der Waals surface area contributed by atoms with Gasteiger partial charge in [0.05, 0.1) is 16.1 Å². The fourth-order valence-electron chi connectivity index (χ4n) is 2.11. The number of aromatic nitrogens is 1. The van der Waals surface area contributed by atoms with E-state index in [0.717, 1.165) is 12.1 Å². The third-order valence-corrected chi connectivity index (χ3v) is 4.79. The Morgan fingerprint density at radius 1 is 1.22 bits per heavy atom. The first kappa shape index (κ1) is 15.6. The third kappa shape index (κ3) is 2.95. The molecule has 1 aromatic heterocycles. The van der Waals surface area contributed by atoms with Crippen molar-refractivity contribution in [2.24, 2.45) is 7.05 Å². The Balaban J connectivity index is 2.03. The van der Waals surface area contributed by atoms with Crippen LogP contribution in [-0.4, -0.2) is 13.0 Å². The lowest BCUT2D eigenvalue weighted by atomic mass is 10.3. The van der Waals surface area contributed by atoms with Crippen LogP contribution in [-0.2, 0) is 17.1 Å². The molecule has 0 unspecified atom stereocenters. The van der Waals surface area contributed by atoms with Gasteiger partial charge in [0.1, 0.15) is 5.82 Å². The SMILES string of the molecule is Cn1c(=O)oc2cc(S(=O)(=O)Nc3cc(F)cc(Cl)c3)ccc21. The molecule has 23 heavy (non-hydrogen) atoms. The Kier molecular flexibility index (Phi) is 3.65. The van der Waals surface area contributed by atoms with Crippen LogP contribution in [0.1, 0.15) is 0 Å². The van der Waals surface area contributed by atoms with Crippen LogP contribution in [0.3, 0.4) is 0 Å². The van der Waals surface area contributed by atoms with E-state index >= 15 is 0 Å². The topological polar surface area (TPSA) is 81.3 Å². The maximum atomic E-state index is 13.3. The monoisotopic (exact) mass is 356 g/mol. The number of oxazole rings is 1. The first-order valence-electron chi connectivity index (χ1n) is 6.35. The lowest BCUT2D eigenvalue weighted by Gasteiger charge is -2.08. The number of hydrogen-bond acceptors (Lipinski definition) is 4. The molecule has 0 aliphatic heterocycles. The molecule has 120 valence electrons. The molecule has 0 aliphatic carbocycles. The largest absolute Gasteiger partial charge is 0.419 e. The van der Waals surface area contributed by atoms with Gasteiger partial charge in [0.25, 0.3) is 10.0 Å². The van der Waals surface area contributed by atoms with Crippen molar-refractivity contribution in [1.29, 1.82) is 0 Å². The average molecular weight is 357 g/mol. The van der Waals surface area contributed by atoms with E-state index in [1.807, 2.05) is 0 Å². The molecule has 0 bridgehead atoms. The summed E-state index contributed by atoms with van der Waals surface area (Å²) in [5.41, 5.74) is 0.588. The molecule has 2 aromatic carbocycles. The Morgan fingerprint density at radius 2 is 1.96 bits per heavy atom. The summed E-state index contributed by atoms with van der Waals surface area (Å²) in [6.07, 6.45) is 0. The highest BCUT2D eigenvalue weighted by Gasteiger charge is 2.17. The van der Waals surface area contributed by atoms with Gasteiger partial charge in [0.15, 0.2) is 5.58 Å². The number of nitrogens with zero attached hydrogens (tertiary/aromatic N) is 1.